The van der Waals surface area contributed by atoms with E-state index in [0.717, 1.165) is 31.2 Å². The van der Waals surface area contributed by atoms with E-state index in [4.69, 9.17) is 4.74 Å². The molecule has 0 atom stereocenters. The molecule has 0 radical (unpaired) electrons. The molecule has 1 fully saturated rings. The van der Waals surface area contributed by atoms with Gasteiger partial charge >= 0.3 is 5.97 Å². The monoisotopic (exact) mass is 401 g/mol. The molecule has 0 unspecified atom stereocenters. The fourth-order valence-corrected chi connectivity index (χ4v) is 3.81. The number of imide groups is 1. The Balaban J connectivity index is 1.78. The Hall–Kier alpha value is -2.17. The maximum atomic E-state index is 12.3. The smallest absolute Gasteiger partial charge is 0.309 e. The molecule has 1 N–H and O–H groups in total. The predicted octanol–water partition coefficient (Wildman–Crippen LogP) is 4.64. The van der Waals surface area contributed by atoms with E-state index < -0.39 is 18.4 Å². The minimum atomic E-state index is -0.605. The van der Waals surface area contributed by atoms with Gasteiger partial charge in [0.15, 0.2) is 6.61 Å². The van der Waals surface area contributed by atoms with Crippen LogP contribution in [0.5, 0.6) is 0 Å². The zero-order valence-corrected chi connectivity index (χ0v) is 18.6. The molecule has 0 spiro atoms. The first-order valence-electron chi connectivity index (χ1n) is 10.5. The quantitative estimate of drug-likeness (QED) is 0.746. The van der Waals surface area contributed by atoms with Gasteiger partial charge in [-0.25, -0.2) is 0 Å². The first kappa shape index (κ1) is 23.1. The lowest BCUT2D eigenvalue weighted by Crippen LogP contribution is -2.35. The lowest BCUT2D eigenvalue weighted by molar-refractivity contribution is -0.154. The molecule has 0 saturated heterocycles. The molecular formula is C24H35NO4. The number of carbonyl (C=O) groups excluding carboxylic acids is 3. The van der Waals surface area contributed by atoms with E-state index in [-0.39, 0.29) is 22.7 Å². The van der Waals surface area contributed by atoms with Crippen molar-refractivity contribution in [1.29, 1.82) is 0 Å². The van der Waals surface area contributed by atoms with Crippen LogP contribution in [-0.2, 0) is 19.7 Å². The summed E-state index contributed by atoms with van der Waals surface area (Å²) in [5, 5.41) is 2.28. The number of hydrogen-bond acceptors (Lipinski definition) is 4. The zero-order chi connectivity index (χ0) is 21.8. The van der Waals surface area contributed by atoms with Crippen molar-refractivity contribution in [3.05, 3.63) is 35.4 Å². The number of rotatable bonds is 4. The van der Waals surface area contributed by atoms with Crippen LogP contribution in [0.4, 0.5) is 0 Å². The van der Waals surface area contributed by atoms with Crippen LogP contribution in [0.2, 0.25) is 0 Å². The van der Waals surface area contributed by atoms with Gasteiger partial charge in [-0.2, -0.15) is 0 Å². The second-order valence-corrected chi connectivity index (χ2v) is 10.2. The van der Waals surface area contributed by atoms with E-state index >= 15 is 0 Å². The van der Waals surface area contributed by atoms with Gasteiger partial charge in [-0.05, 0) is 60.1 Å². The first-order chi connectivity index (χ1) is 13.4. The molecule has 2 rings (SSSR count). The van der Waals surface area contributed by atoms with Gasteiger partial charge in [0.05, 0.1) is 5.92 Å². The van der Waals surface area contributed by atoms with Crippen molar-refractivity contribution in [1.82, 2.24) is 5.32 Å². The highest BCUT2D eigenvalue weighted by Gasteiger charge is 2.33. The minimum absolute atomic E-state index is 0.00888. The van der Waals surface area contributed by atoms with Crippen LogP contribution in [0, 0.1) is 17.3 Å². The van der Waals surface area contributed by atoms with Crippen LogP contribution in [-0.4, -0.2) is 24.4 Å². The maximum Gasteiger partial charge on any atom is 0.309 e. The van der Waals surface area contributed by atoms with E-state index in [1.807, 2.05) is 12.1 Å². The molecule has 5 nitrogen and oxygen atoms in total. The van der Waals surface area contributed by atoms with Gasteiger partial charge in [0.1, 0.15) is 0 Å². The number of benzene rings is 1. The molecule has 5 heteroatoms. The van der Waals surface area contributed by atoms with Crippen molar-refractivity contribution in [3.8, 4) is 0 Å². The highest BCUT2D eigenvalue weighted by atomic mass is 16.5. The second kappa shape index (κ2) is 9.10. The summed E-state index contributed by atoms with van der Waals surface area (Å²) in [6, 6.07) is 7.16. The topological polar surface area (TPSA) is 72.5 Å². The summed E-state index contributed by atoms with van der Waals surface area (Å²) in [7, 11) is 0. The third kappa shape index (κ3) is 6.69. The summed E-state index contributed by atoms with van der Waals surface area (Å²) in [6.07, 6.45) is 3.58. The Morgan fingerprint density at radius 1 is 0.931 bits per heavy atom. The Bertz CT molecular complexity index is 730. The Labute approximate surface area is 174 Å². The Kier molecular flexibility index (Phi) is 7.25. The molecule has 29 heavy (non-hydrogen) atoms. The molecule has 0 aliphatic heterocycles. The summed E-state index contributed by atoms with van der Waals surface area (Å²) < 4.78 is 5.16. The Morgan fingerprint density at radius 3 is 1.97 bits per heavy atom. The molecule has 1 aromatic carbocycles. The van der Waals surface area contributed by atoms with Gasteiger partial charge in [0.2, 0.25) is 0 Å². The molecule has 1 aliphatic rings. The van der Waals surface area contributed by atoms with Crippen LogP contribution < -0.4 is 5.32 Å². The fourth-order valence-electron chi connectivity index (χ4n) is 3.81. The van der Waals surface area contributed by atoms with Gasteiger partial charge in [0, 0.05) is 5.56 Å². The number of nitrogens with one attached hydrogen (secondary N) is 1. The summed E-state index contributed by atoms with van der Waals surface area (Å²) in [5.74, 6) is -0.975. The van der Waals surface area contributed by atoms with Gasteiger partial charge in [0.25, 0.3) is 11.8 Å². The molecule has 0 bridgehead atoms. The second-order valence-electron chi connectivity index (χ2n) is 10.2. The predicted molar refractivity (Wildman–Crippen MR) is 113 cm³/mol. The van der Waals surface area contributed by atoms with Gasteiger partial charge < -0.3 is 4.74 Å². The molecular weight excluding hydrogens is 366 g/mol. The van der Waals surface area contributed by atoms with Crippen molar-refractivity contribution in [2.45, 2.75) is 72.6 Å². The lowest BCUT2D eigenvalue weighted by Gasteiger charge is -2.36. The maximum absolute atomic E-state index is 12.3. The molecule has 0 aromatic heterocycles. The molecule has 160 valence electrons. The van der Waals surface area contributed by atoms with Gasteiger partial charge in [-0.1, -0.05) is 53.7 Å². The highest BCUT2D eigenvalue weighted by Crippen LogP contribution is 2.40. The summed E-state index contributed by atoms with van der Waals surface area (Å²) in [4.78, 5) is 36.5. The van der Waals surface area contributed by atoms with E-state index in [9.17, 15) is 14.4 Å². The summed E-state index contributed by atoms with van der Waals surface area (Å²) in [6.45, 7) is 12.5. The lowest BCUT2D eigenvalue weighted by atomic mass is 9.70. The van der Waals surface area contributed by atoms with E-state index in [0.29, 0.717) is 11.5 Å². The molecule has 1 aliphatic carbocycles. The van der Waals surface area contributed by atoms with Crippen molar-refractivity contribution < 1.29 is 19.1 Å². The number of ether oxygens (including phenoxy) is 1. The van der Waals surface area contributed by atoms with Gasteiger partial charge in [-0.3, -0.25) is 19.7 Å². The number of amides is 2. The number of hydrogen-bond donors (Lipinski definition) is 1. The zero-order valence-electron chi connectivity index (χ0n) is 18.6. The van der Waals surface area contributed by atoms with E-state index in [1.54, 1.807) is 12.1 Å². The SMILES string of the molecule is CC(C)(C)c1ccc(C(=O)NC(=O)COC(=O)C2CCC(C(C)(C)C)CC2)cc1. The molecule has 1 aromatic rings. The summed E-state index contributed by atoms with van der Waals surface area (Å²) >= 11 is 0. The van der Waals surface area contributed by atoms with Crippen molar-refractivity contribution in [2.24, 2.45) is 17.3 Å². The summed E-state index contributed by atoms with van der Waals surface area (Å²) in [5.41, 5.74) is 1.75. The average molecular weight is 402 g/mol. The largest absolute Gasteiger partial charge is 0.455 e. The van der Waals surface area contributed by atoms with Gasteiger partial charge in [-0.15, -0.1) is 0 Å². The third-order valence-corrected chi connectivity index (χ3v) is 5.90. The van der Waals surface area contributed by atoms with Crippen LogP contribution in [0.15, 0.2) is 24.3 Å². The van der Waals surface area contributed by atoms with Crippen molar-refractivity contribution >= 4 is 17.8 Å². The van der Waals surface area contributed by atoms with Crippen molar-refractivity contribution in [2.75, 3.05) is 6.61 Å². The Morgan fingerprint density at radius 2 is 1.48 bits per heavy atom. The highest BCUT2D eigenvalue weighted by molar-refractivity contribution is 6.05. The normalized spacial score (nSPS) is 20.1. The van der Waals surface area contributed by atoms with Crippen LogP contribution >= 0.6 is 0 Å². The number of esters is 1. The van der Waals surface area contributed by atoms with Crippen LogP contribution in [0.25, 0.3) is 0 Å². The fraction of sp³-hybridized carbons (Fsp3) is 0.625. The van der Waals surface area contributed by atoms with E-state index in [2.05, 4.69) is 46.9 Å². The first-order valence-corrected chi connectivity index (χ1v) is 10.5. The number of carbonyl (C=O) groups is 3. The molecule has 2 amide bonds. The standard InChI is InChI=1S/C24H35NO4/c1-23(2,3)18-11-7-16(8-12-18)21(27)25-20(26)15-29-22(28)17-9-13-19(14-10-17)24(4,5)6/h7-8,11-12,17,19H,9-10,13-15H2,1-6H3,(H,25,26,27). The molecule has 0 heterocycles. The van der Waals surface area contributed by atoms with Crippen LogP contribution in [0.3, 0.4) is 0 Å². The average Bonchev–Trinajstić information content (AvgIpc) is 2.65. The third-order valence-electron chi connectivity index (χ3n) is 5.90. The molecule has 1 saturated carbocycles. The van der Waals surface area contributed by atoms with E-state index in [1.165, 1.54) is 0 Å². The van der Waals surface area contributed by atoms with Crippen LogP contribution in [0.1, 0.15) is 83.1 Å². The van der Waals surface area contributed by atoms with Crippen molar-refractivity contribution in [3.63, 3.8) is 0 Å². The minimum Gasteiger partial charge on any atom is -0.455 e.